The molecule has 102 valence electrons. The first-order valence-corrected chi connectivity index (χ1v) is 8.74. The molecule has 0 radical (unpaired) electrons. The number of rotatable bonds is 3. The van der Waals surface area contributed by atoms with Crippen molar-refractivity contribution >= 4 is 35.9 Å². The van der Waals surface area contributed by atoms with Crippen molar-refractivity contribution in [1.29, 1.82) is 0 Å². The van der Waals surface area contributed by atoms with Crippen molar-refractivity contribution in [2.24, 2.45) is 0 Å². The molecule has 0 atom stereocenters. The molecule has 0 bridgehead atoms. The topological polar surface area (TPSA) is 169 Å². The summed E-state index contributed by atoms with van der Waals surface area (Å²) in [5.41, 5.74) is 0. The lowest BCUT2D eigenvalue weighted by Gasteiger charge is -2.11. The molecule has 0 spiro atoms. The second-order valence-electron chi connectivity index (χ2n) is 3.22. The molecule has 5 N–H and O–H groups in total. The predicted molar refractivity (Wildman–Crippen MR) is 59.6 cm³/mol. The third-order valence-corrected chi connectivity index (χ3v) is 4.88. The van der Waals surface area contributed by atoms with Gasteiger partial charge < -0.3 is 19.6 Å². The molecule has 18 heavy (non-hydrogen) atoms. The highest BCUT2D eigenvalue weighted by atomic mass is 32.2. The van der Waals surface area contributed by atoms with E-state index in [0.29, 0.717) is 18.2 Å². The molecule has 0 saturated heterocycles. The van der Waals surface area contributed by atoms with Crippen LogP contribution < -0.4 is 10.6 Å². The van der Waals surface area contributed by atoms with Crippen LogP contribution in [0.3, 0.4) is 0 Å². The van der Waals surface area contributed by atoms with Crippen molar-refractivity contribution in [2.75, 3.05) is 0 Å². The normalized spacial score (nSPS) is 13.6. The zero-order valence-corrected chi connectivity index (χ0v) is 11.0. The van der Waals surface area contributed by atoms with E-state index in [4.69, 9.17) is 24.1 Å². The molecule has 9 nitrogen and oxygen atoms in total. The molecule has 0 fully saturated rings. The van der Waals surface area contributed by atoms with Gasteiger partial charge in [0, 0.05) is 0 Å². The van der Waals surface area contributed by atoms with Gasteiger partial charge >= 0.3 is 15.2 Å². The van der Waals surface area contributed by atoms with Gasteiger partial charge in [0.15, 0.2) is 0 Å². The lowest BCUT2D eigenvalue weighted by molar-refractivity contribution is 0.383. The van der Waals surface area contributed by atoms with Crippen molar-refractivity contribution < 1.29 is 41.7 Å². The van der Waals surface area contributed by atoms with Crippen molar-refractivity contribution in [3.8, 4) is 0 Å². The highest BCUT2D eigenvalue weighted by Gasteiger charge is 2.30. The molecule has 1 rings (SSSR count). The second kappa shape index (κ2) is 4.52. The van der Waals surface area contributed by atoms with Gasteiger partial charge in [-0.3, -0.25) is 13.7 Å². The third kappa shape index (κ3) is 3.47. The molecule has 0 aliphatic carbocycles. The third-order valence-electron chi connectivity index (χ3n) is 1.87. The van der Waals surface area contributed by atoms with Gasteiger partial charge in [0.25, 0.3) is 10.1 Å². The largest absolute Gasteiger partial charge is 0.357 e. The average Bonchev–Trinajstić information content (AvgIpc) is 2.12. The summed E-state index contributed by atoms with van der Waals surface area (Å²) >= 11 is 0. The minimum Gasteiger partial charge on any atom is -0.321 e. The Labute approximate surface area is 101 Å². The van der Waals surface area contributed by atoms with Gasteiger partial charge in [0.05, 0.1) is 10.6 Å². The molecule has 1 aromatic rings. The summed E-state index contributed by atoms with van der Waals surface area (Å²) in [6.45, 7) is 0. The Morgan fingerprint density at radius 2 is 1.44 bits per heavy atom. The summed E-state index contributed by atoms with van der Waals surface area (Å²) in [6.07, 6.45) is 0. The van der Waals surface area contributed by atoms with Crippen LogP contribution in [0.25, 0.3) is 0 Å². The number of benzene rings is 1. The Hall–Kier alpha value is -0.570. The summed E-state index contributed by atoms with van der Waals surface area (Å²) in [7, 11) is -14.9. The minimum absolute atomic E-state index is 0.324. The van der Waals surface area contributed by atoms with Crippen LogP contribution in [0.4, 0.5) is 0 Å². The van der Waals surface area contributed by atoms with E-state index in [1.165, 1.54) is 0 Å². The van der Waals surface area contributed by atoms with Crippen LogP contribution in [0.15, 0.2) is 23.1 Å². The fourth-order valence-corrected chi connectivity index (χ4v) is 3.72. The Bertz CT molecular complexity index is 666. The van der Waals surface area contributed by atoms with Crippen LogP contribution in [0.1, 0.15) is 0 Å². The van der Waals surface area contributed by atoms with Crippen LogP contribution in [-0.2, 0) is 19.2 Å². The van der Waals surface area contributed by atoms with Crippen molar-refractivity contribution in [2.45, 2.75) is 4.90 Å². The summed E-state index contributed by atoms with van der Waals surface area (Å²) < 4.78 is 52.6. The Morgan fingerprint density at radius 3 is 1.78 bits per heavy atom. The van der Waals surface area contributed by atoms with Gasteiger partial charge in [-0.05, 0) is 18.2 Å². The average molecular weight is 318 g/mol. The van der Waals surface area contributed by atoms with Crippen LogP contribution in [0.2, 0.25) is 0 Å². The van der Waals surface area contributed by atoms with Crippen LogP contribution in [0.5, 0.6) is 0 Å². The van der Waals surface area contributed by atoms with E-state index < -0.39 is 40.8 Å². The summed E-state index contributed by atoms with van der Waals surface area (Å²) in [6, 6.07) is 1.53. The first-order valence-electron chi connectivity index (χ1n) is 4.07. The molecular formula is C6H8O9P2S. The van der Waals surface area contributed by atoms with Crippen molar-refractivity contribution in [1.82, 2.24) is 0 Å². The quantitative estimate of drug-likeness (QED) is 0.330. The van der Waals surface area contributed by atoms with Gasteiger partial charge in [0.2, 0.25) is 0 Å². The molecule has 0 aromatic heterocycles. The zero-order valence-electron chi connectivity index (χ0n) is 8.40. The SMILES string of the molecule is O=P(O)(O)c1ccc(P(=O)(O)O)c(S(=O)(=O)O)c1. The summed E-state index contributed by atoms with van der Waals surface area (Å²) in [4.78, 5) is 34.1. The molecular weight excluding hydrogens is 310 g/mol. The monoisotopic (exact) mass is 318 g/mol. The van der Waals surface area contributed by atoms with Gasteiger partial charge in [-0.25, -0.2) is 0 Å². The molecule has 1 aromatic carbocycles. The fraction of sp³-hybridized carbons (Fsp3) is 0. The highest BCUT2D eigenvalue weighted by molar-refractivity contribution is 7.86. The van der Waals surface area contributed by atoms with Crippen molar-refractivity contribution in [3.63, 3.8) is 0 Å². The van der Waals surface area contributed by atoms with E-state index in [-0.39, 0.29) is 0 Å². The molecule has 0 aliphatic heterocycles. The smallest absolute Gasteiger partial charge is 0.321 e. The maximum atomic E-state index is 11.0. The van der Waals surface area contributed by atoms with E-state index >= 15 is 0 Å². The first kappa shape index (κ1) is 15.5. The Balaban J connectivity index is 3.72. The van der Waals surface area contributed by atoms with E-state index in [0.717, 1.165) is 0 Å². The summed E-state index contributed by atoms with van der Waals surface area (Å²) in [5, 5.41) is -1.82. The van der Waals surface area contributed by atoms with Crippen LogP contribution in [-0.4, -0.2) is 32.5 Å². The number of hydrogen-bond donors (Lipinski definition) is 5. The van der Waals surface area contributed by atoms with E-state index in [1.807, 2.05) is 0 Å². The Kier molecular flexibility index (Phi) is 3.89. The van der Waals surface area contributed by atoms with Crippen LogP contribution in [0, 0.1) is 0 Å². The van der Waals surface area contributed by atoms with Crippen LogP contribution >= 0.6 is 15.2 Å². The molecule has 0 saturated carbocycles. The molecule has 0 heterocycles. The lowest BCUT2D eigenvalue weighted by Crippen LogP contribution is -2.19. The lowest BCUT2D eigenvalue weighted by atomic mass is 10.4. The van der Waals surface area contributed by atoms with Gasteiger partial charge in [-0.2, -0.15) is 8.42 Å². The van der Waals surface area contributed by atoms with Gasteiger partial charge in [-0.15, -0.1) is 0 Å². The zero-order chi connectivity index (χ0) is 14.4. The molecule has 0 amide bonds. The Morgan fingerprint density at radius 1 is 0.944 bits per heavy atom. The van der Waals surface area contributed by atoms with E-state index in [1.54, 1.807) is 0 Å². The van der Waals surface area contributed by atoms with Gasteiger partial charge in [-0.1, -0.05) is 0 Å². The second-order valence-corrected chi connectivity index (χ2v) is 7.78. The van der Waals surface area contributed by atoms with E-state index in [9.17, 15) is 17.5 Å². The highest BCUT2D eigenvalue weighted by Crippen LogP contribution is 2.38. The molecule has 0 aliphatic rings. The first-order chi connectivity index (χ1) is 7.83. The maximum absolute atomic E-state index is 11.0. The van der Waals surface area contributed by atoms with Gasteiger partial charge in [0.1, 0.15) is 4.90 Å². The maximum Gasteiger partial charge on any atom is 0.357 e. The van der Waals surface area contributed by atoms with Crippen molar-refractivity contribution in [3.05, 3.63) is 18.2 Å². The predicted octanol–water partition coefficient (Wildman–Crippen LogP) is -1.46. The minimum atomic E-state index is -5.03. The standard InChI is InChI=1S/C6H8O9P2S/c7-16(8,9)4-1-2-5(17(10,11)12)6(3-4)18(13,14)15/h1-3H,(H2,7,8,9)(H2,10,11,12)(H,13,14,15). The fourth-order valence-electron chi connectivity index (χ4n) is 1.13. The number of hydrogen-bond acceptors (Lipinski definition) is 4. The van der Waals surface area contributed by atoms with E-state index in [2.05, 4.69) is 0 Å². The summed E-state index contributed by atoms with van der Waals surface area (Å²) in [5.74, 6) is 0. The molecule has 12 heteroatoms. The molecule has 0 unspecified atom stereocenters.